The summed E-state index contributed by atoms with van der Waals surface area (Å²) in [5, 5.41) is 17.3. The molecule has 0 saturated carbocycles. The molecule has 0 aromatic heterocycles. The van der Waals surface area contributed by atoms with Crippen LogP contribution in [0.4, 0.5) is 0 Å². The smallest absolute Gasteiger partial charge is 0.326 e. The van der Waals surface area contributed by atoms with Crippen molar-refractivity contribution in [1.29, 1.82) is 0 Å². The Morgan fingerprint density at radius 3 is 1.91 bits per heavy atom. The zero-order valence-electron chi connectivity index (χ0n) is 20.1. The van der Waals surface area contributed by atoms with Crippen molar-refractivity contribution in [1.82, 2.24) is 16.0 Å². The minimum Gasteiger partial charge on any atom is -0.480 e. The van der Waals surface area contributed by atoms with Crippen LogP contribution in [0.2, 0.25) is 0 Å². The molecular formula is C21H41N5O5S2. The molecule has 0 rings (SSSR count). The average molecular weight is 508 g/mol. The summed E-state index contributed by atoms with van der Waals surface area (Å²) in [6.07, 6.45) is 6.06. The van der Waals surface area contributed by atoms with E-state index >= 15 is 0 Å². The van der Waals surface area contributed by atoms with Gasteiger partial charge in [-0.25, -0.2) is 4.79 Å². The van der Waals surface area contributed by atoms with Gasteiger partial charge in [-0.05, 0) is 68.6 Å². The molecule has 0 fully saturated rings. The van der Waals surface area contributed by atoms with E-state index in [1.54, 1.807) is 25.6 Å². The molecule has 12 heteroatoms. The van der Waals surface area contributed by atoms with Gasteiger partial charge in [0.2, 0.25) is 17.7 Å². The second-order valence-corrected chi connectivity index (χ2v) is 10.1. The first kappa shape index (κ1) is 31.5. The second-order valence-electron chi connectivity index (χ2n) is 8.14. The molecule has 4 unspecified atom stereocenters. The Morgan fingerprint density at radius 2 is 1.39 bits per heavy atom. The molecule has 10 nitrogen and oxygen atoms in total. The van der Waals surface area contributed by atoms with Gasteiger partial charge in [0.25, 0.3) is 0 Å². The van der Waals surface area contributed by atoms with Crippen molar-refractivity contribution in [3.63, 3.8) is 0 Å². The van der Waals surface area contributed by atoms with E-state index in [4.69, 9.17) is 11.5 Å². The highest BCUT2D eigenvalue weighted by atomic mass is 32.2. The summed E-state index contributed by atoms with van der Waals surface area (Å²) in [5.74, 6) is -1.57. The van der Waals surface area contributed by atoms with Crippen molar-refractivity contribution in [2.45, 2.75) is 70.1 Å². The van der Waals surface area contributed by atoms with E-state index in [1.807, 2.05) is 12.5 Å². The number of aliphatic carboxylic acids is 1. The van der Waals surface area contributed by atoms with E-state index < -0.39 is 47.9 Å². The Labute approximate surface area is 205 Å². The molecule has 0 aliphatic heterocycles. The van der Waals surface area contributed by atoms with Crippen LogP contribution in [0.25, 0.3) is 0 Å². The standard InChI is InChI=1S/C21H41N5O5S2/c1-13(2)17(26-18(27)14(23)8-11-32-3)20(29)24-15(9-12-33-4)19(28)25-16(21(30)31)7-5-6-10-22/h13-17H,5-12,22-23H2,1-4H3,(H,24,29)(H,25,28)(H,26,27)(H,30,31). The number of carboxylic acid groups (broad SMARTS) is 1. The number of carbonyl (C=O) groups excluding carboxylic acids is 3. The number of hydrogen-bond acceptors (Lipinski definition) is 8. The fourth-order valence-electron chi connectivity index (χ4n) is 2.96. The van der Waals surface area contributed by atoms with E-state index in [9.17, 15) is 24.3 Å². The highest BCUT2D eigenvalue weighted by Crippen LogP contribution is 2.08. The molecule has 33 heavy (non-hydrogen) atoms. The van der Waals surface area contributed by atoms with Crippen LogP contribution in [0.1, 0.15) is 46.0 Å². The van der Waals surface area contributed by atoms with Gasteiger partial charge in [-0.3, -0.25) is 14.4 Å². The molecule has 0 aliphatic carbocycles. The minimum absolute atomic E-state index is 0.242. The van der Waals surface area contributed by atoms with Gasteiger partial charge in [-0.2, -0.15) is 23.5 Å². The third kappa shape index (κ3) is 13.1. The lowest BCUT2D eigenvalue weighted by Crippen LogP contribution is -2.58. The fourth-order valence-corrected chi connectivity index (χ4v) is 3.92. The molecule has 0 aliphatic rings. The lowest BCUT2D eigenvalue weighted by Gasteiger charge is -2.27. The average Bonchev–Trinajstić information content (AvgIpc) is 2.76. The monoisotopic (exact) mass is 507 g/mol. The number of rotatable bonds is 18. The molecule has 0 bridgehead atoms. The Hall–Kier alpha value is -1.50. The molecule has 0 aromatic carbocycles. The summed E-state index contributed by atoms with van der Waals surface area (Å²) in [4.78, 5) is 49.8. The first-order chi connectivity index (χ1) is 15.6. The zero-order valence-corrected chi connectivity index (χ0v) is 21.7. The quantitative estimate of drug-likeness (QED) is 0.141. The lowest BCUT2D eigenvalue weighted by atomic mass is 10.0. The fraction of sp³-hybridized carbons (Fsp3) is 0.810. The number of thioether (sulfide) groups is 2. The van der Waals surface area contributed by atoms with Gasteiger partial charge in [0.15, 0.2) is 0 Å². The Kier molecular flexibility index (Phi) is 17.1. The van der Waals surface area contributed by atoms with Gasteiger partial charge in [0, 0.05) is 0 Å². The van der Waals surface area contributed by atoms with Crippen molar-refractivity contribution < 1.29 is 24.3 Å². The first-order valence-electron chi connectivity index (χ1n) is 11.2. The summed E-state index contributed by atoms with van der Waals surface area (Å²) in [6.45, 7) is 4.01. The predicted octanol–water partition coefficient (Wildman–Crippen LogP) is 0.144. The lowest BCUT2D eigenvalue weighted by molar-refractivity contribution is -0.142. The van der Waals surface area contributed by atoms with Crippen molar-refractivity contribution in [3.05, 3.63) is 0 Å². The van der Waals surface area contributed by atoms with Gasteiger partial charge in [-0.15, -0.1) is 0 Å². The van der Waals surface area contributed by atoms with Gasteiger partial charge < -0.3 is 32.5 Å². The number of nitrogens with one attached hydrogen (secondary N) is 3. The SMILES string of the molecule is CSCCC(N)C(=O)NC(C(=O)NC(CCSC)C(=O)NC(CCCCN)C(=O)O)C(C)C. The number of carboxylic acids is 1. The third-order valence-electron chi connectivity index (χ3n) is 5.02. The van der Waals surface area contributed by atoms with Gasteiger partial charge in [0.1, 0.15) is 18.1 Å². The minimum atomic E-state index is -1.14. The molecule has 192 valence electrons. The summed E-state index contributed by atoms with van der Waals surface area (Å²) in [6, 6.07) is -3.59. The molecule has 4 atom stereocenters. The molecule has 0 radical (unpaired) electrons. The van der Waals surface area contributed by atoms with Crippen LogP contribution >= 0.6 is 23.5 Å². The maximum Gasteiger partial charge on any atom is 0.326 e. The van der Waals surface area contributed by atoms with E-state index in [1.165, 1.54) is 11.8 Å². The molecule has 0 spiro atoms. The number of nitrogens with two attached hydrogens (primary N) is 2. The van der Waals surface area contributed by atoms with Crippen LogP contribution in [0.15, 0.2) is 0 Å². The van der Waals surface area contributed by atoms with E-state index in [0.29, 0.717) is 38.0 Å². The van der Waals surface area contributed by atoms with Crippen LogP contribution in [0.3, 0.4) is 0 Å². The molecule has 0 heterocycles. The number of unbranched alkanes of at least 4 members (excludes halogenated alkanes) is 1. The van der Waals surface area contributed by atoms with Crippen molar-refractivity contribution in [3.8, 4) is 0 Å². The Balaban J connectivity index is 5.28. The highest BCUT2D eigenvalue weighted by Gasteiger charge is 2.31. The maximum atomic E-state index is 13.0. The summed E-state index contributed by atoms with van der Waals surface area (Å²) in [7, 11) is 0. The van der Waals surface area contributed by atoms with Gasteiger partial charge in [0.05, 0.1) is 6.04 Å². The predicted molar refractivity (Wildman–Crippen MR) is 135 cm³/mol. The van der Waals surface area contributed by atoms with Crippen LogP contribution in [-0.2, 0) is 19.2 Å². The van der Waals surface area contributed by atoms with Gasteiger partial charge in [-0.1, -0.05) is 13.8 Å². The molecule has 0 aromatic rings. The third-order valence-corrected chi connectivity index (χ3v) is 6.31. The zero-order chi connectivity index (χ0) is 25.4. The van der Waals surface area contributed by atoms with Crippen LogP contribution in [-0.4, -0.2) is 83.5 Å². The highest BCUT2D eigenvalue weighted by molar-refractivity contribution is 7.98. The van der Waals surface area contributed by atoms with E-state index in [0.717, 1.165) is 5.75 Å². The first-order valence-corrected chi connectivity index (χ1v) is 13.9. The van der Waals surface area contributed by atoms with Gasteiger partial charge >= 0.3 is 5.97 Å². The Bertz CT molecular complexity index is 624. The summed E-state index contributed by atoms with van der Waals surface area (Å²) in [5.41, 5.74) is 11.4. The Morgan fingerprint density at radius 1 is 0.818 bits per heavy atom. The number of amides is 3. The van der Waals surface area contributed by atoms with E-state index in [-0.39, 0.29) is 12.3 Å². The summed E-state index contributed by atoms with van der Waals surface area (Å²) >= 11 is 3.08. The molecular weight excluding hydrogens is 466 g/mol. The molecule has 0 saturated heterocycles. The maximum absolute atomic E-state index is 13.0. The van der Waals surface area contributed by atoms with Crippen molar-refractivity contribution in [2.75, 3.05) is 30.6 Å². The largest absolute Gasteiger partial charge is 0.480 e. The molecule has 8 N–H and O–H groups in total. The van der Waals surface area contributed by atoms with E-state index in [2.05, 4.69) is 16.0 Å². The number of hydrogen-bond donors (Lipinski definition) is 6. The number of carbonyl (C=O) groups is 4. The summed E-state index contributed by atoms with van der Waals surface area (Å²) < 4.78 is 0. The van der Waals surface area contributed by atoms with Crippen molar-refractivity contribution >= 4 is 47.2 Å². The van der Waals surface area contributed by atoms with Crippen molar-refractivity contribution in [2.24, 2.45) is 17.4 Å². The second kappa shape index (κ2) is 17.9. The topological polar surface area (TPSA) is 177 Å². The molecule has 3 amide bonds. The normalized spacial score (nSPS) is 14.8. The van der Waals surface area contributed by atoms with Crippen LogP contribution < -0.4 is 27.4 Å². The van der Waals surface area contributed by atoms with Crippen LogP contribution in [0, 0.1) is 5.92 Å². The van der Waals surface area contributed by atoms with Crippen LogP contribution in [0.5, 0.6) is 0 Å².